The maximum atomic E-state index is 8.74. The fourth-order valence-electron chi connectivity index (χ4n) is 0.112. The van der Waals surface area contributed by atoms with Crippen LogP contribution in [0.15, 0.2) is 0 Å². The summed E-state index contributed by atoms with van der Waals surface area (Å²) >= 11 is 0. The summed E-state index contributed by atoms with van der Waals surface area (Å²) in [7, 11) is -4.67. The summed E-state index contributed by atoms with van der Waals surface area (Å²) in [5, 5.41) is 15.6. The molecule has 0 radical (unpaired) electrons. The summed E-state index contributed by atoms with van der Waals surface area (Å²) in [5.74, 6) is 0. The zero-order chi connectivity index (χ0) is 9.33. The van der Waals surface area contributed by atoms with E-state index >= 15 is 0 Å². The summed E-state index contributed by atoms with van der Waals surface area (Å²) < 4.78 is 31.6. The number of hydrogen-bond acceptors (Lipinski definition) is 6. The second kappa shape index (κ2) is 7.81. The van der Waals surface area contributed by atoms with Crippen molar-refractivity contribution in [3.05, 3.63) is 0 Å². The summed E-state index contributed by atoms with van der Waals surface area (Å²) in [5.41, 5.74) is 3.69. The molecule has 0 aromatic rings. The van der Waals surface area contributed by atoms with Gasteiger partial charge in [-0.1, -0.05) is 0 Å². The monoisotopic (exact) mass is 190 g/mol. The quantitative estimate of drug-likeness (QED) is 0.176. The maximum absolute atomic E-state index is 8.74. The van der Waals surface area contributed by atoms with E-state index in [1.54, 1.807) is 0 Å². The second-order valence-corrected chi connectivity index (χ2v) is 2.16. The summed E-state index contributed by atoms with van der Waals surface area (Å²) in [6, 6.07) is 0. The highest BCUT2D eigenvalue weighted by molar-refractivity contribution is 7.79. The second-order valence-electron chi connectivity index (χ2n) is 1.26. The smallest absolute Gasteiger partial charge is 0.317 e. The van der Waals surface area contributed by atoms with Crippen LogP contribution >= 0.6 is 0 Å². The third-order valence-corrected chi connectivity index (χ3v) is 0.349. The molecule has 0 rings (SSSR count). The van der Waals surface area contributed by atoms with Gasteiger partial charge in [0.2, 0.25) is 0 Å². The van der Waals surface area contributed by atoms with Crippen LogP contribution in [0.1, 0.15) is 0 Å². The largest absolute Gasteiger partial charge is 0.394 e. The first-order chi connectivity index (χ1) is 4.91. The lowest BCUT2D eigenvalue weighted by Gasteiger charge is -1.90. The number of rotatable bonds is 3. The van der Waals surface area contributed by atoms with Gasteiger partial charge in [-0.25, -0.2) is 11.0 Å². The SMILES string of the molecule is O=S(=O)(O)O.ONCCNO. The number of hydrogen-bond donors (Lipinski definition) is 6. The van der Waals surface area contributed by atoms with Crippen molar-refractivity contribution in [2.75, 3.05) is 13.1 Å². The van der Waals surface area contributed by atoms with Gasteiger partial charge in [0.05, 0.1) is 0 Å². The van der Waals surface area contributed by atoms with E-state index < -0.39 is 10.4 Å². The van der Waals surface area contributed by atoms with Crippen LogP contribution in [-0.2, 0) is 10.4 Å². The van der Waals surface area contributed by atoms with Gasteiger partial charge >= 0.3 is 10.4 Å². The molecule has 0 spiro atoms. The fourth-order valence-corrected chi connectivity index (χ4v) is 0.112. The van der Waals surface area contributed by atoms with E-state index in [0.717, 1.165) is 0 Å². The summed E-state index contributed by atoms with van der Waals surface area (Å²) in [4.78, 5) is 0. The highest BCUT2D eigenvalue weighted by Gasteiger charge is 1.84. The molecule has 6 N–H and O–H groups in total. The lowest BCUT2D eigenvalue weighted by molar-refractivity contribution is 0.126. The Labute approximate surface area is 63.3 Å². The first-order valence-electron chi connectivity index (χ1n) is 2.35. The van der Waals surface area contributed by atoms with Crippen molar-refractivity contribution >= 4 is 10.4 Å². The van der Waals surface area contributed by atoms with E-state index in [4.69, 9.17) is 27.9 Å². The van der Waals surface area contributed by atoms with Crippen LogP contribution < -0.4 is 11.0 Å². The Morgan fingerprint density at radius 3 is 1.27 bits per heavy atom. The molecule has 0 fully saturated rings. The van der Waals surface area contributed by atoms with Gasteiger partial charge < -0.3 is 10.4 Å². The minimum Gasteiger partial charge on any atom is -0.317 e. The standard InChI is InChI=1S/C2H8N2O2.H2O4S/c5-3-1-2-4-6;1-5(2,3)4/h3-6H,1-2H2;(H2,1,2,3,4). The molecule has 0 saturated carbocycles. The molecule has 0 aliphatic heterocycles. The Balaban J connectivity index is 0. The van der Waals surface area contributed by atoms with Crippen molar-refractivity contribution in [2.24, 2.45) is 0 Å². The van der Waals surface area contributed by atoms with Gasteiger partial charge in [-0.2, -0.15) is 8.42 Å². The zero-order valence-electron chi connectivity index (χ0n) is 5.43. The van der Waals surface area contributed by atoms with Crippen molar-refractivity contribution in [1.82, 2.24) is 11.0 Å². The van der Waals surface area contributed by atoms with Gasteiger partial charge in [-0.15, -0.1) is 0 Å². The molecule has 8 nitrogen and oxygen atoms in total. The lowest BCUT2D eigenvalue weighted by Crippen LogP contribution is -2.22. The maximum Gasteiger partial charge on any atom is 0.394 e. The van der Waals surface area contributed by atoms with Gasteiger partial charge in [-0.05, 0) is 0 Å². The first-order valence-corrected chi connectivity index (χ1v) is 3.75. The third kappa shape index (κ3) is 78.6. The average molecular weight is 190 g/mol. The zero-order valence-corrected chi connectivity index (χ0v) is 6.24. The molecular weight excluding hydrogens is 180 g/mol. The predicted octanol–water partition coefficient (Wildman–Crippen LogP) is -1.71. The predicted molar refractivity (Wildman–Crippen MR) is 33.8 cm³/mol. The Hall–Kier alpha value is -0.290. The van der Waals surface area contributed by atoms with Crippen molar-refractivity contribution in [1.29, 1.82) is 0 Å². The van der Waals surface area contributed by atoms with Gasteiger partial charge in [0.15, 0.2) is 0 Å². The normalized spacial score (nSPS) is 10.2. The Bertz CT molecular complexity index is 142. The van der Waals surface area contributed by atoms with Crippen molar-refractivity contribution in [3.8, 4) is 0 Å². The van der Waals surface area contributed by atoms with Crippen LogP contribution in [0, 0.1) is 0 Å². The molecule has 0 aromatic heterocycles. The Morgan fingerprint density at radius 1 is 1.00 bits per heavy atom. The topological polar surface area (TPSA) is 139 Å². The van der Waals surface area contributed by atoms with E-state index in [9.17, 15) is 0 Å². The molecule has 11 heavy (non-hydrogen) atoms. The first kappa shape index (κ1) is 13.3. The van der Waals surface area contributed by atoms with Crippen LogP contribution in [0.3, 0.4) is 0 Å². The molecule has 0 saturated heterocycles. The Morgan fingerprint density at radius 2 is 1.18 bits per heavy atom. The van der Waals surface area contributed by atoms with E-state index in [2.05, 4.69) is 0 Å². The number of hydroxylamine groups is 2. The Kier molecular flexibility index (Phi) is 9.45. The minimum absolute atomic E-state index is 0.358. The number of nitrogens with one attached hydrogen (secondary N) is 2. The highest BCUT2D eigenvalue weighted by Crippen LogP contribution is 1.59. The molecule has 0 bridgehead atoms. The summed E-state index contributed by atoms with van der Waals surface area (Å²) in [6.45, 7) is 0.715. The van der Waals surface area contributed by atoms with E-state index in [1.165, 1.54) is 0 Å². The molecule has 0 aliphatic rings. The van der Waals surface area contributed by atoms with Gasteiger partial charge in [0.1, 0.15) is 0 Å². The molecule has 0 atom stereocenters. The third-order valence-electron chi connectivity index (χ3n) is 0.349. The van der Waals surface area contributed by atoms with Crippen molar-refractivity contribution in [3.63, 3.8) is 0 Å². The highest BCUT2D eigenvalue weighted by atomic mass is 32.3. The molecular formula is C2H10N2O6S. The average Bonchev–Trinajstić information content (AvgIpc) is 1.79. The minimum atomic E-state index is -4.67. The lowest BCUT2D eigenvalue weighted by atomic mass is 10.7. The molecule has 0 heterocycles. The molecule has 0 amide bonds. The van der Waals surface area contributed by atoms with Gasteiger partial charge in [0.25, 0.3) is 0 Å². The van der Waals surface area contributed by atoms with Crippen LogP contribution in [-0.4, -0.2) is 41.0 Å². The van der Waals surface area contributed by atoms with E-state index in [1.807, 2.05) is 11.0 Å². The van der Waals surface area contributed by atoms with Crippen LogP contribution in [0.4, 0.5) is 0 Å². The van der Waals surface area contributed by atoms with Crippen LogP contribution in [0.25, 0.3) is 0 Å². The molecule has 0 unspecified atom stereocenters. The molecule has 0 aliphatic carbocycles. The molecule has 9 heteroatoms. The summed E-state index contributed by atoms with van der Waals surface area (Å²) in [6.07, 6.45) is 0. The van der Waals surface area contributed by atoms with Crippen LogP contribution in [0.2, 0.25) is 0 Å². The van der Waals surface area contributed by atoms with E-state index in [-0.39, 0.29) is 0 Å². The van der Waals surface area contributed by atoms with Crippen LogP contribution in [0.5, 0.6) is 0 Å². The van der Waals surface area contributed by atoms with Gasteiger partial charge in [0, 0.05) is 13.1 Å². The van der Waals surface area contributed by atoms with E-state index in [0.29, 0.717) is 13.1 Å². The fraction of sp³-hybridized carbons (Fsp3) is 1.00. The molecule has 0 aromatic carbocycles. The van der Waals surface area contributed by atoms with Crippen molar-refractivity contribution < 1.29 is 27.9 Å². The van der Waals surface area contributed by atoms with Crippen molar-refractivity contribution in [2.45, 2.75) is 0 Å². The molecule has 70 valence electrons. The van der Waals surface area contributed by atoms with Gasteiger partial charge in [-0.3, -0.25) is 9.11 Å².